The van der Waals surface area contributed by atoms with E-state index in [1.165, 1.54) is 16.9 Å². The monoisotopic (exact) mass is 394 g/mol. The topological polar surface area (TPSA) is 84.7 Å². The van der Waals surface area contributed by atoms with Crippen molar-refractivity contribution in [1.29, 1.82) is 0 Å². The molecule has 0 bridgehead atoms. The van der Waals surface area contributed by atoms with Crippen LogP contribution in [0.2, 0.25) is 0 Å². The summed E-state index contributed by atoms with van der Waals surface area (Å²) in [6, 6.07) is 1.47. The molecule has 0 aliphatic heterocycles. The van der Waals surface area contributed by atoms with Gasteiger partial charge in [0.1, 0.15) is 11.4 Å². The molecule has 2 aliphatic rings. The second kappa shape index (κ2) is 6.75. The summed E-state index contributed by atoms with van der Waals surface area (Å²) in [6.45, 7) is 1.84. The number of alkyl halides is 3. The Morgan fingerprint density at radius 1 is 1.21 bits per heavy atom. The summed E-state index contributed by atoms with van der Waals surface area (Å²) in [6.07, 6.45) is 3.22. The van der Waals surface area contributed by atoms with Gasteiger partial charge in [0.05, 0.1) is 17.9 Å². The van der Waals surface area contributed by atoms with Crippen molar-refractivity contribution >= 4 is 17.5 Å². The molecule has 10 heteroatoms. The van der Waals surface area contributed by atoms with Crippen LogP contribution in [0.4, 0.5) is 30.6 Å². The van der Waals surface area contributed by atoms with Crippen LogP contribution in [0.25, 0.3) is 0 Å². The van der Waals surface area contributed by atoms with Crippen LogP contribution in [0.3, 0.4) is 0 Å². The van der Waals surface area contributed by atoms with Gasteiger partial charge in [0, 0.05) is 17.8 Å². The quantitative estimate of drug-likeness (QED) is 0.801. The van der Waals surface area contributed by atoms with Gasteiger partial charge < -0.3 is 10.6 Å². The Balaban J connectivity index is 1.58. The Hall–Kier alpha value is -2.65. The van der Waals surface area contributed by atoms with Crippen molar-refractivity contribution in [3.8, 4) is 0 Å². The van der Waals surface area contributed by atoms with E-state index in [1.54, 1.807) is 0 Å². The van der Waals surface area contributed by atoms with E-state index in [1.807, 2.05) is 6.92 Å². The lowest BCUT2D eigenvalue weighted by Gasteiger charge is -2.18. The number of nitrogens with zero attached hydrogens (tertiary/aromatic N) is 4. The normalized spacial score (nSPS) is 18.9. The summed E-state index contributed by atoms with van der Waals surface area (Å²) in [7, 11) is 0. The molecule has 0 unspecified atom stereocenters. The van der Waals surface area contributed by atoms with Gasteiger partial charge in [0.2, 0.25) is 5.95 Å². The maximum atomic E-state index is 13.3. The second-order valence-corrected chi connectivity index (χ2v) is 7.73. The molecule has 0 amide bonds. The second-order valence-electron chi connectivity index (χ2n) is 7.73. The number of aromatic nitrogens is 4. The van der Waals surface area contributed by atoms with Crippen LogP contribution < -0.4 is 16.2 Å². The Bertz CT molecular complexity index is 932. The number of nitrogens with one attached hydrogen (secondary N) is 2. The van der Waals surface area contributed by atoms with E-state index in [9.17, 15) is 18.0 Å². The fourth-order valence-electron chi connectivity index (χ4n) is 3.38. The molecule has 2 aromatic heterocycles. The van der Waals surface area contributed by atoms with Crippen molar-refractivity contribution in [3.05, 3.63) is 34.4 Å². The zero-order valence-corrected chi connectivity index (χ0v) is 15.4. The van der Waals surface area contributed by atoms with Gasteiger partial charge in [-0.05, 0) is 32.6 Å². The fraction of sp³-hybridized carbons (Fsp3) is 0.556. The first kappa shape index (κ1) is 18.7. The summed E-state index contributed by atoms with van der Waals surface area (Å²) in [4.78, 5) is 20.1. The molecule has 150 valence electrons. The van der Waals surface area contributed by atoms with E-state index in [2.05, 4.69) is 25.7 Å². The van der Waals surface area contributed by atoms with Crippen molar-refractivity contribution in [2.75, 3.05) is 10.6 Å². The van der Waals surface area contributed by atoms with Crippen molar-refractivity contribution in [1.82, 2.24) is 19.7 Å². The predicted octanol–water partition coefficient (Wildman–Crippen LogP) is 3.88. The first-order chi connectivity index (χ1) is 13.2. The third-order valence-corrected chi connectivity index (χ3v) is 5.27. The van der Waals surface area contributed by atoms with Crippen LogP contribution in [0.1, 0.15) is 57.1 Å². The van der Waals surface area contributed by atoms with E-state index >= 15 is 0 Å². The average Bonchev–Trinajstić information content (AvgIpc) is 3.11. The van der Waals surface area contributed by atoms with Gasteiger partial charge in [-0.1, -0.05) is 12.8 Å². The number of hydrogen-bond donors (Lipinski definition) is 2. The molecule has 0 radical (unpaired) electrons. The Labute approximate surface area is 159 Å². The SMILES string of the molecule is CC1(Nc2nc(Nc3cnn(C4CCCC4)c(=O)c3)ncc2C(F)(F)F)CC1. The number of anilines is 3. The minimum absolute atomic E-state index is 0.0282. The highest BCUT2D eigenvalue weighted by molar-refractivity contribution is 5.56. The average molecular weight is 394 g/mol. The molecule has 2 heterocycles. The molecule has 2 N–H and O–H groups in total. The van der Waals surface area contributed by atoms with Gasteiger partial charge in [0.15, 0.2) is 0 Å². The van der Waals surface area contributed by atoms with Gasteiger partial charge in [0.25, 0.3) is 5.56 Å². The lowest BCUT2D eigenvalue weighted by molar-refractivity contribution is -0.137. The first-order valence-corrected chi connectivity index (χ1v) is 9.32. The Morgan fingerprint density at radius 2 is 1.93 bits per heavy atom. The van der Waals surface area contributed by atoms with Crippen LogP contribution >= 0.6 is 0 Å². The molecular weight excluding hydrogens is 373 g/mol. The predicted molar refractivity (Wildman–Crippen MR) is 97.6 cm³/mol. The zero-order valence-electron chi connectivity index (χ0n) is 15.4. The smallest absolute Gasteiger partial charge is 0.364 e. The van der Waals surface area contributed by atoms with Crippen LogP contribution in [0.15, 0.2) is 23.3 Å². The summed E-state index contributed by atoms with van der Waals surface area (Å²) in [5.74, 6) is -0.295. The first-order valence-electron chi connectivity index (χ1n) is 9.32. The minimum atomic E-state index is -4.56. The standard InChI is InChI=1S/C18H21F3N6O/c1-17(6-7-17)26-15-13(18(19,20)21)10-22-16(25-15)24-11-8-14(28)27(23-9-11)12-4-2-3-5-12/h8-10,12H,2-7H2,1H3,(H2,22,24,25,26). The molecule has 7 nitrogen and oxygen atoms in total. The number of hydrogen-bond acceptors (Lipinski definition) is 6. The van der Waals surface area contributed by atoms with Gasteiger partial charge in [-0.3, -0.25) is 4.79 Å². The van der Waals surface area contributed by atoms with E-state index in [0.717, 1.165) is 44.7 Å². The van der Waals surface area contributed by atoms with Crippen molar-refractivity contribution in [3.63, 3.8) is 0 Å². The molecule has 2 aliphatic carbocycles. The fourth-order valence-corrected chi connectivity index (χ4v) is 3.38. The minimum Gasteiger partial charge on any atom is -0.364 e. The highest BCUT2D eigenvalue weighted by Crippen LogP contribution is 2.41. The van der Waals surface area contributed by atoms with Crippen molar-refractivity contribution in [2.45, 2.75) is 63.2 Å². The third kappa shape index (κ3) is 3.95. The number of halogens is 3. The van der Waals surface area contributed by atoms with Gasteiger partial charge in [-0.15, -0.1) is 0 Å². The summed E-state index contributed by atoms with van der Waals surface area (Å²) < 4.78 is 41.2. The highest BCUT2D eigenvalue weighted by atomic mass is 19.4. The van der Waals surface area contributed by atoms with Crippen molar-refractivity contribution < 1.29 is 13.2 Å². The summed E-state index contributed by atoms with van der Waals surface area (Å²) >= 11 is 0. The lowest BCUT2D eigenvalue weighted by Crippen LogP contribution is -2.25. The summed E-state index contributed by atoms with van der Waals surface area (Å²) in [5.41, 5.74) is -1.22. The van der Waals surface area contributed by atoms with Gasteiger partial charge in [-0.25, -0.2) is 9.67 Å². The van der Waals surface area contributed by atoms with Crippen molar-refractivity contribution in [2.24, 2.45) is 0 Å². The van der Waals surface area contributed by atoms with Crippen LogP contribution in [-0.4, -0.2) is 25.3 Å². The molecule has 0 saturated heterocycles. The van der Waals surface area contributed by atoms with Crippen LogP contribution in [-0.2, 0) is 6.18 Å². The highest BCUT2D eigenvalue weighted by Gasteiger charge is 2.42. The molecule has 0 aromatic carbocycles. The Morgan fingerprint density at radius 3 is 2.54 bits per heavy atom. The molecular formula is C18H21F3N6O. The van der Waals surface area contributed by atoms with E-state index in [4.69, 9.17) is 0 Å². The van der Waals surface area contributed by atoms with E-state index in [0.29, 0.717) is 5.69 Å². The third-order valence-electron chi connectivity index (χ3n) is 5.27. The molecule has 0 atom stereocenters. The van der Waals surface area contributed by atoms with E-state index < -0.39 is 11.7 Å². The molecule has 4 rings (SSSR count). The molecule has 0 spiro atoms. The maximum Gasteiger partial charge on any atom is 0.421 e. The van der Waals surface area contributed by atoms with E-state index in [-0.39, 0.29) is 28.9 Å². The zero-order chi connectivity index (χ0) is 19.9. The molecule has 28 heavy (non-hydrogen) atoms. The Kier molecular flexibility index (Phi) is 4.51. The molecule has 2 aromatic rings. The largest absolute Gasteiger partial charge is 0.421 e. The van der Waals surface area contributed by atoms with Crippen LogP contribution in [0, 0.1) is 0 Å². The van der Waals surface area contributed by atoms with Crippen LogP contribution in [0.5, 0.6) is 0 Å². The number of rotatable bonds is 5. The maximum absolute atomic E-state index is 13.3. The molecule has 2 fully saturated rings. The summed E-state index contributed by atoms with van der Waals surface area (Å²) in [5, 5.41) is 9.84. The lowest BCUT2D eigenvalue weighted by atomic mass is 10.2. The van der Waals surface area contributed by atoms with Gasteiger partial charge in [-0.2, -0.15) is 23.3 Å². The molecule has 2 saturated carbocycles. The van der Waals surface area contributed by atoms with Gasteiger partial charge >= 0.3 is 6.18 Å².